The van der Waals surface area contributed by atoms with Crippen LogP contribution in [0.4, 0.5) is 0 Å². The number of hydrogen-bond donors (Lipinski definition) is 2. The molecule has 104 valence electrons. The van der Waals surface area contributed by atoms with E-state index in [-0.39, 0.29) is 10.8 Å². The monoisotopic (exact) mass is 254 g/mol. The van der Waals surface area contributed by atoms with Gasteiger partial charge in [0.2, 0.25) is 11.8 Å². The first kappa shape index (κ1) is 18.8. The van der Waals surface area contributed by atoms with Gasteiger partial charge < -0.3 is 11.5 Å². The van der Waals surface area contributed by atoms with Crippen LogP contribution in [0.25, 0.3) is 0 Å². The Hall–Kier alpha value is -1.58. The highest BCUT2D eigenvalue weighted by Gasteiger charge is 2.30. The van der Waals surface area contributed by atoms with Crippen LogP contribution in [0.2, 0.25) is 0 Å². The fourth-order valence-electron chi connectivity index (χ4n) is 1.77. The molecule has 0 aromatic carbocycles. The Labute approximate surface area is 110 Å². The highest BCUT2D eigenvalue weighted by molar-refractivity contribution is 5.92. The molecule has 0 fully saturated rings. The van der Waals surface area contributed by atoms with Crippen molar-refractivity contribution in [1.29, 1.82) is 0 Å². The van der Waals surface area contributed by atoms with Gasteiger partial charge in [-0.15, -0.1) is 0 Å². The summed E-state index contributed by atoms with van der Waals surface area (Å²) < 4.78 is 0. The van der Waals surface area contributed by atoms with E-state index in [0.717, 1.165) is 12.5 Å². The van der Waals surface area contributed by atoms with Gasteiger partial charge in [0.05, 0.1) is 0 Å². The number of rotatable bonds is 4. The molecule has 0 bridgehead atoms. The summed E-state index contributed by atoms with van der Waals surface area (Å²) >= 11 is 0. The van der Waals surface area contributed by atoms with Gasteiger partial charge in [-0.3, -0.25) is 9.59 Å². The van der Waals surface area contributed by atoms with Gasteiger partial charge >= 0.3 is 0 Å². The van der Waals surface area contributed by atoms with Crippen LogP contribution in [0.15, 0.2) is 24.8 Å². The molecule has 0 heterocycles. The minimum atomic E-state index is -0.481. The van der Waals surface area contributed by atoms with E-state index in [4.69, 9.17) is 5.73 Å². The average molecular weight is 254 g/mol. The number of carbonyl (C=O) groups is 2. The van der Waals surface area contributed by atoms with Crippen molar-refractivity contribution < 1.29 is 9.59 Å². The molecule has 2 amide bonds. The SMILES string of the molecule is C=C(C(N)=O)C(C)(C)CC(C)(C)C.C=CC(N)=O. The van der Waals surface area contributed by atoms with E-state index in [1.165, 1.54) is 0 Å². The molecule has 4 N–H and O–H groups in total. The lowest BCUT2D eigenvalue weighted by Gasteiger charge is -2.32. The first-order chi connectivity index (χ1) is 7.83. The molecule has 0 aromatic rings. The van der Waals surface area contributed by atoms with Crippen LogP contribution in [0.1, 0.15) is 41.0 Å². The topological polar surface area (TPSA) is 86.2 Å². The highest BCUT2D eigenvalue weighted by atomic mass is 16.1. The number of hydrogen-bond acceptors (Lipinski definition) is 2. The van der Waals surface area contributed by atoms with E-state index in [1.807, 2.05) is 13.8 Å². The maximum absolute atomic E-state index is 11.0. The van der Waals surface area contributed by atoms with E-state index in [2.05, 4.69) is 39.7 Å². The Morgan fingerprint density at radius 1 is 1.11 bits per heavy atom. The maximum Gasteiger partial charge on any atom is 0.244 e. The quantitative estimate of drug-likeness (QED) is 0.753. The zero-order chi connectivity index (χ0) is 15.1. The maximum atomic E-state index is 11.0. The van der Waals surface area contributed by atoms with Crippen molar-refractivity contribution in [2.45, 2.75) is 41.0 Å². The molecule has 0 spiro atoms. The predicted octanol–water partition coefficient (Wildman–Crippen LogP) is 2.15. The molecule has 0 aromatic heterocycles. The molecule has 0 saturated heterocycles. The summed E-state index contributed by atoms with van der Waals surface area (Å²) in [7, 11) is 0. The van der Waals surface area contributed by atoms with Crippen molar-refractivity contribution >= 4 is 11.8 Å². The fourth-order valence-corrected chi connectivity index (χ4v) is 1.77. The van der Waals surface area contributed by atoms with Gasteiger partial charge in [0, 0.05) is 5.57 Å². The Balaban J connectivity index is 0. The summed E-state index contributed by atoms with van der Waals surface area (Å²) in [6, 6.07) is 0. The largest absolute Gasteiger partial charge is 0.366 e. The lowest BCUT2D eigenvalue weighted by molar-refractivity contribution is -0.115. The van der Waals surface area contributed by atoms with E-state index in [1.54, 1.807) is 0 Å². The van der Waals surface area contributed by atoms with Gasteiger partial charge in [-0.2, -0.15) is 0 Å². The standard InChI is InChI=1S/C11H21NO.C3H5NO/c1-8(9(12)13)11(5,6)7-10(2,3)4;1-2-3(4)5/h1,7H2,2-6H3,(H2,12,13);2H,1H2,(H2,4,5). The van der Waals surface area contributed by atoms with Crippen LogP contribution in [0.5, 0.6) is 0 Å². The van der Waals surface area contributed by atoms with E-state index in [0.29, 0.717) is 5.57 Å². The van der Waals surface area contributed by atoms with Gasteiger partial charge in [-0.1, -0.05) is 47.8 Å². The molecular weight excluding hydrogens is 228 g/mol. The van der Waals surface area contributed by atoms with Gasteiger partial charge in [0.1, 0.15) is 0 Å². The summed E-state index contributed by atoms with van der Waals surface area (Å²) in [5.41, 5.74) is 10.2. The first-order valence-corrected chi connectivity index (χ1v) is 5.74. The minimum Gasteiger partial charge on any atom is -0.366 e. The first-order valence-electron chi connectivity index (χ1n) is 5.74. The molecule has 4 heteroatoms. The Bertz CT molecular complexity index is 336. The van der Waals surface area contributed by atoms with Gasteiger partial charge in [0.25, 0.3) is 0 Å². The smallest absolute Gasteiger partial charge is 0.244 e. The molecule has 0 aliphatic heterocycles. The van der Waals surface area contributed by atoms with Crippen molar-refractivity contribution in [2.75, 3.05) is 0 Å². The summed E-state index contributed by atoms with van der Waals surface area (Å²) in [5.74, 6) is -0.876. The lowest BCUT2D eigenvalue weighted by atomic mass is 9.72. The van der Waals surface area contributed by atoms with Crippen molar-refractivity contribution in [1.82, 2.24) is 0 Å². The average Bonchev–Trinajstić information content (AvgIpc) is 2.13. The number of primary amides is 2. The van der Waals surface area contributed by atoms with E-state index < -0.39 is 11.8 Å². The third-order valence-corrected chi connectivity index (χ3v) is 2.29. The van der Waals surface area contributed by atoms with Crippen LogP contribution >= 0.6 is 0 Å². The molecule has 0 radical (unpaired) electrons. The Kier molecular flexibility index (Phi) is 7.29. The summed E-state index contributed by atoms with van der Waals surface area (Å²) in [5, 5.41) is 0. The van der Waals surface area contributed by atoms with Crippen LogP contribution in [0.3, 0.4) is 0 Å². The normalized spacial score (nSPS) is 10.9. The van der Waals surface area contributed by atoms with Gasteiger partial charge in [-0.25, -0.2) is 0 Å². The van der Waals surface area contributed by atoms with Crippen LogP contribution in [-0.2, 0) is 9.59 Å². The van der Waals surface area contributed by atoms with Gasteiger partial charge in [-0.05, 0) is 23.3 Å². The molecule has 4 nitrogen and oxygen atoms in total. The fraction of sp³-hybridized carbons (Fsp3) is 0.571. The highest BCUT2D eigenvalue weighted by Crippen LogP contribution is 2.37. The number of amides is 2. The molecule has 0 rings (SSSR count). The van der Waals surface area contributed by atoms with Crippen molar-refractivity contribution in [2.24, 2.45) is 22.3 Å². The lowest BCUT2D eigenvalue weighted by Crippen LogP contribution is -2.29. The summed E-state index contributed by atoms with van der Waals surface area (Å²) in [4.78, 5) is 20.4. The van der Waals surface area contributed by atoms with Crippen LogP contribution in [0, 0.1) is 10.8 Å². The summed E-state index contributed by atoms with van der Waals surface area (Å²) in [6.45, 7) is 17.3. The second kappa shape index (κ2) is 6.99. The van der Waals surface area contributed by atoms with Crippen molar-refractivity contribution in [3.63, 3.8) is 0 Å². The van der Waals surface area contributed by atoms with Crippen molar-refractivity contribution in [3.05, 3.63) is 24.8 Å². The molecule has 0 saturated carbocycles. The number of nitrogens with two attached hydrogens (primary N) is 2. The third-order valence-electron chi connectivity index (χ3n) is 2.29. The second-order valence-electron chi connectivity index (χ2n) is 6.07. The zero-order valence-electron chi connectivity index (χ0n) is 12.2. The minimum absolute atomic E-state index is 0.182. The van der Waals surface area contributed by atoms with Crippen LogP contribution in [-0.4, -0.2) is 11.8 Å². The molecular formula is C14H26N2O2. The molecule has 0 aliphatic rings. The number of carbonyl (C=O) groups excluding carboxylic acids is 2. The van der Waals surface area contributed by atoms with E-state index >= 15 is 0 Å². The van der Waals surface area contributed by atoms with Gasteiger partial charge in [0.15, 0.2) is 0 Å². The zero-order valence-corrected chi connectivity index (χ0v) is 12.2. The molecule has 0 atom stereocenters. The Morgan fingerprint density at radius 2 is 1.44 bits per heavy atom. The van der Waals surface area contributed by atoms with Crippen molar-refractivity contribution in [3.8, 4) is 0 Å². The molecule has 18 heavy (non-hydrogen) atoms. The predicted molar refractivity (Wildman–Crippen MR) is 75.6 cm³/mol. The van der Waals surface area contributed by atoms with E-state index in [9.17, 15) is 9.59 Å². The Morgan fingerprint density at radius 3 is 1.61 bits per heavy atom. The molecule has 0 aliphatic carbocycles. The third kappa shape index (κ3) is 9.63. The summed E-state index contributed by atoms with van der Waals surface area (Å²) in [6.07, 6.45) is 1.96. The van der Waals surface area contributed by atoms with Crippen LogP contribution < -0.4 is 11.5 Å². The molecule has 0 unspecified atom stereocenters. The second-order valence-corrected chi connectivity index (χ2v) is 6.07.